The third-order valence-corrected chi connectivity index (χ3v) is 5.69. The van der Waals surface area contributed by atoms with Crippen LogP contribution in [0, 0.1) is 23.7 Å². The Hall–Kier alpha value is -1.32. The van der Waals surface area contributed by atoms with Crippen LogP contribution in [0.15, 0.2) is 12.4 Å². The van der Waals surface area contributed by atoms with Crippen LogP contribution in [0.4, 0.5) is 0 Å². The number of hydrogen-bond donors (Lipinski definition) is 1. The zero-order chi connectivity index (χ0) is 13.0. The molecule has 1 aromatic heterocycles. The van der Waals surface area contributed by atoms with Gasteiger partial charge in [0.15, 0.2) is 0 Å². The maximum atomic E-state index is 12.5. The Labute approximate surface area is 113 Å². The molecule has 0 aliphatic heterocycles. The predicted molar refractivity (Wildman–Crippen MR) is 71.5 cm³/mol. The van der Waals surface area contributed by atoms with E-state index < -0.39 is 0 Å². The number of nitrogens with one attached hydrogen (secondary N) is 1. The molecule has 4 aliphatic rings. The third-order valence-electron chi connectivity index (χ3n) is 5.69. The molecule has 4 saturated carbocycles. The van der Waals surface area contributed by atoms with Crippen molar-refractivity contribution in [2.24, 2.45) is 23.7 Å². The molecule has 4 bridgehead atoms. The van der Waals surface area contributed by atoms with Gasteiger partial charge in [-0.3, -0.25) is 9.89 Å². The van der Waals surface area contributed by atoms with Crippen LogP contribution >= 0.6 is 0 Å². The average molecular weight is 259 g/mol. The van der Waals surface area contributed by atoms with Gasteiger partial charge in [0.2, 0.25) is 0 Å². The standard InChI is InChI=1S/C15H21N3O/c1-18(15(19)13-7-16-17-8-13)14-11-3-9-2-10(5-11)6-12(14)4-9/h7-12,14H,2-6H2,1H3,(H,16,17). The second-order valence-corrected chi connectivity index (χ2v) is 6.82. The molecule has 0 radical (unpaired) electrons. The molecule has 0 spiro atoms. The highest BCUT2D eigenvalue weighted by molar-refractivity contribution is 5.93. The van der Waals surface area contributed by atoms with Crippen molar-refractivity contribution >= 4 is 5.91 Å². The molecule has 4 heteroatoms. The normalized spacial score (nSPS) is 39.5. The molecule has 0 aromatic carbocycles. The Balaban J connectivity index is 1.57. The summed E-state index contributed by atoms with van der Waals surface area (Å²) < 4.78 is 0. The fourth-order valence-electron chi connectivity index (χ4n) is 5.24. The quantitative estimate of drug-likeness (QED) is 0.886. The summed E-state index contributed by atoms with van der Waals surface area (Å²) in [7, 11) is 1.99. The number of aromatic amines is 1. The summed E-state index contributed by atoms with van der Waals surface area (Å²) in [5.74, 6) is 3.53. The lowest BCUT2D eigenvalue weighted by molar-refractivity contribution is -0.0491. The number of rotatable bonds is 2. The number of aromatic nitrogens is 2. The van der Waals surface area contributed by atoms with Crippen molar-refractivity contribution in [1.82, 2.24) is 15.1 Å². The number of amides is 1. The van der Waals surface area contributed by atoms with Crippen molar-refractivity contribution in [1.29, 1.82) is 0 Å². The first-order chi connectivity index (χ1) is 9.22. The smallest absolute Gasteiger partial charge is 0.257 e. The molecule has 4 fully saturated rings. The Morgan fingerprint density at radius 1 is 1.21 bits per heavy atom. The number of H-pyrrole nitrogens is 1. The molecule has 19 heavy (non-hydrogen) atoms. The Morgan fingerprint density at radius 3 is 2.37 bits per heavy atom. The number of carbonyl (C=O) groups excluding carboxylic acids is 1. The van der Waals surface area contributed by atoms with Crippen LogP contribution in [-0.2, 0) is 0 Å². The minimum Gasteiger partial charge on any atom is -0.338 e. The molecule has 4 aliphatic carbocycles. The first-order valence-corrected chi connectivity index (χ1v) is 7.48. The summed E-state index contributed by atoms with van der Waals surface area (Å²) in [6, 6.07) is 0.468. The van der Waals surface area contributed by atoms with Gasteiger partial charge in [0.1, 0.15) is 0 Å². The average Bonchev–Trinajstić information content (AvgIpc) is 2.90. The second kappa shape index (κ2) is 4.09. The van der Waals surface area contributed by atoms with Gasteiger partial charge in [-0.1, -0.05) is 0 Å². The summed E-state index contributed by atoms with van der Waals surface area (Å²) in [6.07, 6.45) is 10.2. The first kappa shape index (κ1) is 11.5. The van der Waals surface area contributed by atoms with Crippen LogP contribution in [0.5, 0.6) is 0 Å². The van der Waals surface area contributed by atoms with Gasteiger partial charge < -0.3 is 4.90 Å². The van der Waals surface area contributed by atoms with E-state index in [1.165, 1.54) is 32.1 Å². The molecular formula is C15H21N3O. The van der Waals surface area contributed by atoms with Gasteiger partial charge in [0.25, 0.3) is 5.91 Å². The van der Waals surface area contributed by atoms with E-state index in [1.54, 1.807) is 12.4 Å². The van der Waals surface area contributed by atoms with E-state index in [0.717, 1.165) is 23.7 Å². The van der Waals surface area contributed by atoms with Crippen molar-refractivity contribution in [3.05, 3.63) is 18.0 Å². The summed E-state index contributed by atoms with van der Waals surface area (Å²) >= 11 is 0. The third kappa shape index (κ3) is 1.72. The number of nitrogens with zero attached hydrogens (tertiary/aromatic N) is 2. The van der Waals surface area contributed by atoms with E-state index in [1.807, 2.05) is 11.9 Å². The highest BCUT2D eigenvalue weighted by Gasteiger charge is 2.50. The molecule has 1 aromatic rings. The largest absolute Gasteiger partial charge is 0.338 e. The van der Waals surface area contributed by atoms with Gasteiger partial charge in [-0.05, 0) is 55.8 Å². The van der Waals surface area contributed by atoms with Crippen LogP contribution in [-0.4, -0.2) is 34.1 Å². The molecule has 1 amide bonds. The summed E-state index contributed by atoms with van der Waals surface area (Å²) in [6.45, 7) is 0. The highest BCUT2D eigenvalue weighted by atomic mass is 16.2. The van der Waals surface area contributed by atoms with Gasteiger partial charge >= 0.3 is 0 Å². The van der Waals surface area contributed by atoms with Gasteiger partial charge in [-0.15, -0.1) is 0 Å². The molecular weight excluding hydrogens is 238 g/mol. The predicted octanol–water partition coefficient (Wildman–Crippen LogP) is 2.31. The van der Waals surface area contributed by atoms with E-state index in [9.17, 15) is 4.79 Å². The second-order valence-electron chi connectivity index (χ2n) is 6.82. The molecule has 4 nitrogen and oxygen atoms in total. The van der Waals surface area contributed by atoms with Crippen molar-refractivity contribution in [3.63, 3.8) is 0 Å². The lowest BCUT2D eigenvalue weighted by atomic mass is 9.54. The monoisotopic (exact) mass is 259 g/mol. The minimum atomic E-state index is 0.131. The highest BCUT2D eigenvalue weighted by Crippen LogP contribution is 2.55. The Bertz CT molecular complexity index is 454. The molecule has 0 saturated heterocycles. The minimum absolute atomic E-state index is 0.131. The van der Waals surface area contributed by atoms with Crippen molar-refractivity contribution in [2.45, 2.75) is 38.1 Å². The van der Waals surface area contributed by atoms with E-state index in [0.29, 0.717) is 11.6 Å². The Kier molecular flexibility index (Phi) is 2.47. The fraction of sp³-hybridized carbons (Fsp3) is 0.733. The van der Waals surface area contributed by atoms with Crippen molar-refractivity contribution in [2.75, 3.05) is 7.05 Å². The van der Waals surface area contributed by atoms with Crippen LogP contribution in [0.1, 0.15) is 42.5 Å². The van der Waals surface area contributed by atoms with Gasteiger partial charge in [0.05, 0.1) is 11.8 Å². The van der Waals surface area contributed by atoms with Crippen LogP contribution < -0.4 is 0 Å². The molecule has 1 N–H and O–H groups in total. The van der Waals surface area contributed by atoms with Crippen molar-refractivity contribution < 1.29 is 4.79 Å². The fourth-order valence-corrected chi connectivity index (χ4v) is 5.24. The number of carbonyl (C=O) groups is 1. The molecule has 0 unspecified atom stereocenters. The lowest BCUT2D eigenvalue weighted by Gasteiger charge is -2.56. The van der Waals surface area contributed by atoms with Crippen molar-refractivity contribution in [3.8, 4) is 0 Å². The molecule has 1 heterocycles. The summed E-state index contributed by atoms with van der Waals surface area (Å²) in [5.41, 5.74) is 0.691. The van der Waals surface area contributed by atoms with Gasteiger partial charge in [-0.25, -0.2) is 0 Å². The molecule has 5 rings (SSSR count). The van der Waals surface area contributed by atoms with E-state index in [-0.39, 0.29) is 5.91 Å². The number of hydrogen-bond acceptors (Lipinski definition) is 2. The zero-order valence-corrected chi connectivity index (χ0v) is 11.4. The van der Waals surface area contributed by atoms with Crippen LogP contribution in [0.2, 0.25) is 0 Å². The van der Waals surface area contributed by atoms with E-state index in [4.69, 9.17) is 0 Å². The maximum Gasteiger partial charge on any atom is 0.257 e. The zero-order valence-electron chi connectivity index (χ0n) is 11.4. The molecule has 0 atom stereocenters. The summed E-state index contributed by atoms with van der Waals surface area (Å²) in [4.78, 5) is 14.5. The first-order valence-electron chi connectivity index (χ1n) is 7.48. The maximum absolute atomic E-state index is 12.5. The van der Waals surface area contributed by atoms with Crippen LogP contribution in [0.3, 0.4) is 0 Å². The molecule has 102 valence electrons. The topological polar surface area (TPSA) is 49.0 Å². The van der Waals surface area contributed by atoms with Gasteiger partial charge in [0, 0.05) is 19.3 Å². The SMILES string of the molecule is CN(C(=O)c1cn[nH]c1)C1C2CC3CC(C2)CC1C3. The van der Waals surface area contributed by atoms with Crippen LogP contribution in [0.25, 0.3) is 0 Å². The Morgan fingerprint density at radius 2 is 1.84 bits per heavy atom. The van der Waals surface area contributed by atoms with E-state index >= 15 is 0 Å². The summed E-state index contributed by atoms with van der Waals surface area (Å²) in [5, 5.41) is 6.63. The van der Waals surface area contributed by atoms with Gasteiger partial charge in [-0.2, -0.15) is 5.10 Å². The lowest BCUT2D eigenvalue weighted by Crippen LogP contribution is -2.56. The van der Waals surface area contributed by atoms with E-state index in [2.05, 4.69) is 10.2 Å².